The van der Waals surface area contributed by atoms with E-state index in [9.17, 15) is 0 Å². The Bertz CT molecular complexity index is 83.1. The van der Waals surface area contributed by atoms with Crippen LogP contribution in [-0.4, -0.2) is 24.5 Å². The molecule has 0 saturated heterocycles. The van der Waals surface area contributed by atoms with Crippen molar-refractivity contribution in [1.82, 2.24) is 5.32 Å². The molecule has 0 spiro atoms. The van der Waals surface area contributed by atoms with Crippen LogP contribution >= 0.6 is 11.8 Å². The molecule has 0 unspecified atom stereocenters. The minimum atomic E-state index is 0.958. The van der Waals surface area contributed by atoms with E-state index in [1.54, 1.807) is 18.8 Å². The lowest BCUT2D eigenvalue weighted by molar-refractivity contribution is 0.978. The zero-order chi connectivity index (χ0) is 7.11. The van der Waals surface area contributed by atoms with Crippen LogP contribution in [0.5, 0.6) is 0 Å². The Morgan fingerprint density at radius 3 is 2.56 bits per heavy atom. The van der Waals surface area contributed by atoms with Crippen molar-refractivity contribution >= 4 is 16.9 Å². The molecular formula is C6H14N2S. The fourth-order valence-corrected chi connectivity index (χ4v) is 1.13. The summed E-state index contributed by atoms with van der Waals surface area (Å²) in [6.07, 6.45) is 0. The maximum atomic E-state index is 4.04. The Morgan fingerprint density at radius 2 is 2.22 bits per heavy atom. The lowest BCUT2D eigenvalue weighted by Crippen LogP contribution is -2.19. The number of hydrogen-bond acceptors (Lipinski definition) is 2. The highest BCUT2D eigenvalue weighted by Gasteiger charge is 1.90. The molecule has 0 atom stereocenters. The molecule has 0 bridgehead atoms. The van der Waals surface area contributed by atoms with E-state index in [-0.39, 0.29) is 0 Å². The van der Waals surface area contributed by atoms with Crippen molar-refractivity contribution in [2.45, 2.75) is 13.8 Å². The standard InChI is InChI=1S/C6H14N2S/c1-4-8-6(7-3)9-5-2/h4-5H2,1-3H3,(H,7,8). The number of thioether (sulfide) groups is 1. The maximum absolute atomic E-state index is 4.04. The summed E-state index contributed by atoms with van der Waals surface area (Å²) >= 11 is 1.74. The highest BCUT2D eigenvalue weighted by Crippen LogP contribution is 1.98. The van der Waals surface area contributed by atoms with Crippen LogP contribution in [0, 0.1) is 0 Å². The highest BCUT2D eigenvalue weighted by molar-refractivity contribution is 8.13. The third kappa shape index (κ3) is 4.33. The molecule has 0 heterocycles. The molecule has 0 aliphatic heterocycles. The van der Waals surface area contributed by atoms with Gasteiger partial charge in [0.25, 0.3) is 0 Å². The first kappa shape index (κ1) is 8.82. The molecular weight excluding hydrogens is 132 g/mol. The van der Waals surface area contributed by atoms with Gasteiger partial charge < -0.3 is 5.32 Å². The lowest BCUT2D eigenvalue weighted by Gasteiger charge is -2.02. The number of amidine groups is 1. The molecule has 54 valence electrons. The average molecular weight is 146 g/mol. The molecule has 0 aromatic heterocycles. The topological polar surface area (TPSA) is 24.4 Å². The van der Waals surface area contributed by atoms with Gasteiger partial charge in [0, 0.05) is 13.6 Å². The van der Waals surface area contributed by atoms with Gasteiger partial charge in [-0.3, -0.25) is 4.99 Å². The van der Waals surface area contributed by atoms with Crippen molar-refractivity contribution in [2.75, 3.05) is 19.3 Å². The van der Waals surface area contributed by atoms with Gasteiger partial charge in [0.15, 0.2) is 5.17 Å². The summed E-state index contributed by atoms with van der Waals surface area (Å²) in [5, 5.41) is 4.19. The van der Waals surface area contributed by atoms with E-state index in [0.717, 1.165) is 17.5 Å². The molecule has 0 radical (unpaired) electrons. The zero-order valence-electron chi connectivity index (χ0n) is 6.27. The van der Waals surface area contributed by atoms with Gasteiger partial charge in [0.05, 0.1) is 0 Å². The molecule has 0 amide bonds. The summed E-state index contributed by atoms with van der Waals surface area (Å²) in [6.45, 7) is 5.15. The molecule has 0 aliphatic carbocycles. The molecule has 3 heteroatoms. The van der Waals surface area contributed by atoms with Crippen LogP contribution in [0.2, 0.25) is 0 Å². The summed E-state index contributed by atoms with van der Waals surface area (Å²) in [5.74, 6) is 1.08. The van der Waals surface area contributed by atoms with Crippen molar-refractivity contribution in [3.8, 4) is 0 Å². The Hall–Kier alpha value is -0.180. The largest absolute Gasteiger partial charge is 0.365 e. The molecule has 0 fully saturated rings. The maximum Gasteiger partial charge on any atom is 0.156 e. The molecule has 0 aromatic carbocycles. The zero-order valence-corrected chi connectivity index (χ0v) is 7.09. The quantitative estimate of drug-likeness (QED) is 0.469. The van der Waals surface area contributed by atoms with Gasteiger partial charge in [-0.2, -0.15) is 0 Å². The van der Waals surface area contributed by atoms with Crippen LogP contribution in [0.1, 0.15) is 13.8 Å². The molecule has 0 rings (SSSR count). The molecule has 0 saturated carbocycles. The normalized spacial score (nSPS) is 11.7. The van der Waals surface area contributed by atoms with E-state index in [1.165, 1.54) is 0 Å². The number of nitrogens with one attached hydrogen (secondary N) is 1. The van der Waals surface area contributed by atoms with E-state index in [4.69, 9.17) is 0 Å². The molecule has 1 N–H and O–H groups in total. The van der Waals surface area contributed by atoms with Crippen LogP contribution in [0.15, 0.2) is 4.99 Å². The minimum absolute atomic E-state index is 0.958. The van der Waals surface area contributed by atoms with Crippen molar-refractivity contribution in [3.63, 3.8) is 0 Å². The Morgan fingerprint density at radius 1 is 1.56 bits per heavy atom. The smallest absolute Gasteiger partial charge is 0.156 e. The Kier molecular flexibility index (Phi) is 5.83. The molecule has 9 heavy (non-hydrogen) atoms. The predicted molar refractivity (Wildman–Crippen MR) is 45.2 cm³/mol. The van der Waals surface area contributed by atoms with Gasteiger partial charge in [0.2, 0.25) is 0 Å². The number of nitrogens with zero attached hydrogens (tertiary/aromatic N) is 1. The third-order valence-electron chi connectivity index (χ3n) is 0.812. The van der Waals surface area contributed by atoms with Gasteiger partial charge in [-0.1, -0.05) is 18.7 Å². The number of rotatable bonds is 2. The first-order valence-electron chi connectivity index (χ1n) is 3.18. The van der Waals surface area contributed by atoms with Gasteiger partial charge in [-0.05, 0) is 12.7 Å². The minimum Gasteiger partial charge on any atom is -0.365 e. The first-order valence-corrected chi connectivity index (χ1v) is 4.17. The second kappa shape index (κ2) is 5.95. The summed E-state index contributed by atoms with van der Waals surface area (Å²) in [7, 11) is 1.81. The van der Waals surface area contributed by atoms with Gasteiger partial charge in [0.1, 0.15) is 0 Å². The van der Waals surface area contributed by atoms with Crippen LogP contribution in [0.25, 0.3) is 0 Å². The first-order chi connectivity index (χ1) is 4.35. The average Bonchev–Trinajstić information content (AvgIpc) is 1.88. The van der Waals surface area contributed by atoms with E-state index < -0.39 is 0 Å². The van der Waals surface area contributed by atoms with Crippen molar-refractivity contribution < 1.29 is 0 Å². The van der Waals surface area contributed by atoms with Crippen LogP contribution in [-0.2, 0) is 0 Å². The van der Waals surface area contributed by atoms with E-state index in [2.05, 4.69) is 24.2 Å². The lowest BCUT2D eigenvalue weighted by atomic mass is 10.8. The van der Waals surface area contributed by atoms with Crippen LogP contribution in [0.3, 0.4) is 0 Å². The molecule has 0 aromatic rings. The fraction of sp³-hybridized carbons (Fsp3) is 0.833. The third-order valence-corrected chi connectivity index (χ3v) is 1.70. The number of aliphatic imine (C=N–C) groups is 1. The van der Waals surface area contributed by atoms with E-state index in [0.29, 0.717) is 0 Å². The second-order valence-electron chi connectivity index (χ2n) is 1.49. The Labute approximate surface area is 61.1 Å². The van der Waals surface area contributed by atoms with Crippen molar-refractivity contribution in [3.05, 3.63) is 0 Å². The predicted octanol–water partition coefficient (Wildman–Crippen LogP) is 1.33. The fourth-order valence-electron chi connectivity index (χ4n) is 0.483. The van der Waals surface area contributed by atoms with Gasteiger partial charge >= 0.3 is 0 Å². The van der Waals surface area contributed by atoms with Gasteiger partial charge in [-0.15, -0.1) is 0 Å². The second-order valence-corrected chi connectivity index (χ2v) is 2.74. The monoisotopic (exact) mass is 146 g/mol. The summed E-state index contributed by atoms with van der Waals surface area (Å²) in [5.41, 5.74) is 0. The summed E-state index contributed by atoms with van der Waals surface area (Å²) < 4.78 is 0. The molecule has 0 aliphatic rings. The Balaban J connectivity index is 3.43. The van der Waals surface area contributed by atoms with Crippen molar-refractivity contribution in [1.29, 1.82) is 0 Å². The van der Waals surface area contributed by atoms with E-state index >= 15 is 0 Å². The van der Waals surface area contributed by atoms with Gasteiger partial charge in [-0.25, -0.2) is 0 Å². The summed E-state index contributed by atoms with van der Waals surface area (Å²) in [4.78, 5) is 4.04. The molecule has 2 nitrogen and oxygen atoms in total. The van der Waals surface area contributed by atoms with Crippen molar-refractivity contribution in [2.24, 2.45) is 4.99 Å². The van der Waals surface area contributed by atoms with Crippen LogP contribution < -0.4 is 5.32 Å². The van der Waals surface area contributed by atoms with Crippen LogP contribution in [0.4, 0.5) is 0 Å². The SMILES string of the molecule is CCNC(=NC)SCC. The van der Waals surface area contributed by atoms with E-state index in [1.807, 2.05) is 0 Å². The number of hydrogen-bond donors (Lipinski definition) is 1. The summed E-state index contributed by atoms with van der Waals surface area (Å²) in [6, 6.07) is 0. The highest BCUT2D eigenvalue weighted by atomic mass is 32.2.